The van der Waals surface area contributed by atoms with Crippen LogP contribution < -0.4 is 21.1 Å². The molecule has 3 N–H and O–H groups in total. The largest absolute Gasteiger partial charge is 0.387 e. The summed E-state index contributed by atoms with van der Waals surface area (Å²) >= 11 is 0. The molecule has 3 aliphatic heterocycles. The monoisotopic (exact) mass is 497 g/mol. The molecule has 2 aromatic rings. The van der Waals surface area contributed by atoms with E-state index in [-0.39, 0.29) is 23.5 Å². The average Bonchev–Trinajstić information content (AvgIpc) is 3.37. The number of ether oxygens (including phenoxy) is 1. The smallest absolute Gasteiger partial charge is 0.293 e. The number of hydrogen-bond acceptors (Lipinski definition) is 5. The van der Waals surface area contributed by atoms with Crippen LogP contribution in [0, 0.1) is 17.1 Å². The minimum absolute atomic E-state index is 0.0231. The van der Waals surface area contributed by atoms with Gasteiger partial charge in [0.05, 0.1) is 5.56 Å². The Bertz CT molecular complexity index is 1310. The van der Waals surface area contributed by atoms with Gasteiger partial charge in [-0.3, -0.25) is 0 Å². The Morgan fingerprint density at radius 2 is 2.06 bits per heavy atom. The number of nitriles is 1. The van der Waals surface area contributed by atoms with Gasteiger partial charge in [-0.05, 0) is 70.5 Å². The van der Waals surface area contributed by atoms with Crippen LogP contribution in [0.3, 0.4) is 0 Å². The molecule has 2 aromatic carbocycles. The van der Waals surface area contributed by atoms with Crippen molar-refractivity contribution in [3.8, 4) is 17.2 Å². The number of nitrogens with zero attached hydrogens (tertiary/aromatic N) is 2. The summed E-state index contributed by atoms with van der Waals surface area (Å²) in [7, 11) is -3.08. The van der Waals surface area contributed by atoms with Crippen molar-refractivity contribution in [1.82, 2.24) is 9.62 Å². The molecule has 3 aliphatic rings. The molecule has 9 heteroatoms. The summed E-state index contributed by atoms with van der Waals surface area (Å²) < 4.78 is 44.7. The highest BCUT2D eigenvalue weighted by molar-refractivity contribution is 7.95. The highest BCUT2D eigenvalue weighted by Gasteiger charge is 2.41. The predicted molar refractivity (Wildman–Crippen MR) is 135 cm³/mol. The predicted octanol–water partition coefficient (Wildman–Crippen LogP) is 2.43. The van der Waals surface area contributed by atoms with Gasteiger partial charge in [-0.2, -0.15) is 9.81 Å². The lowest BCUT2D eigenvalue weighted by atomic mass is 9.99. The van der Waals surface area contributed by atoms with E-state index in [1.54, 1.807) is 16.4 Å². The molecule has 0 radical (unpaired) electrons. The molecule has 0 bridgehead atoms. The fourth-order valence-electron chi connectivity index (χ4n) is 5.04. The Kier molecular flexibility index (Phi) is 6.89. The maximum atomic E-state index is 13.9. The molecular formula is C26H30FN4O3S+. The third-order valence-electron chi connectivity index (χ3n) is 6.96. The van der Waals surface area contributed by atoms with Crippen LogP contribution in [0.1, 0.15) is 31.2 Å². The number of halogens is 1. The number of nitrogens with one attached hydrogen (secondary N) is 2. The molecule has 2 unspecified atom stereocenters. The zero-order valence-electron chi connectivity index (χ0n) is 19.5. The van der Waals surface area contributed by atoms with Crippen LogP contribution in [0.5, 0.6) is 0 Å². The SMILES string of the molecule is N#Cc1cc(-c2cc(NC3CCN([S+](=O)(O)CC4CCCO4)CC3)c3c(c2)=CCNC=3)ccc1F. The van der Waals surface area contributed by atoms with Crippen molar-refractivity contribution < 1.29 is 17.9 Å². The summed E-state index contributed by atoms with van der Waals surface area (Å²) in [6.07, 6.45) is 7.27. The highest BCUT2D eigenvalue weighted by atomic mass is 32.3. The maximum Gasteiger partial charge on any atom is 0.293 e. The van der Waals surface area contributed by atoms with Gasteiger partial charge >= 0.3 is 0 Å². The van der Waals surface area contributed by atoms with Crippen molar-refractivity contribution in [2.75, 3.05) is 37.3 Å². The Labute approximate surface area is 205 Å². The van der Waals surface area contributed by atoms with Crippen molar-refractivity contribution in [2.24, 2.45) is 0 Å². The fraction of sp³-hybridized carbons (Fsp3) is 0.423. The second kappa shape index (κ2) is 10.1. The van der Waals surface area contributed by atoms with E-state index in [2.05, 4.69) is 22.8 Å². The second-order valence-corrected chi connectivity index (χ2v) is 11.4. The van der Waals surface area contributed by atoms with Gasteiger partial charge in [-0.1, -0.05) is 16.4 Å². The van der Waals surface area contributed by atoms with Gasteiger partial charge in [0.1, 0.15) is 18.0 Å². The van der Waals surface area contributed by atoms with Crippen LogP contribution in [0.2, 0.25) is 0 Å². The summed E-state index contributed by atoms with van der Waals surface area (Å²) in [5.74, 6) is -0.345. The third-order valence-corrected chi connectivity index (χ3v) is 8.94. The number of piperidine rings is 1. The molecule has 0 amide bonds. The lowest BCUT2D eigenvalue weighted by Crippen LogP contribution is -2.48. The molecule has 2 fully saturated rings. The van der Waals surface area contributed by atoms with Gasteiger partial charge in [-0.15, -0.1) is 0 Å². The zero-order chi connectivity index (χ0) is 24.4. The van der Waals surface area contributed by atoms with Gasteiger partial charge in [0.25, 0.3) is 10.4 Å². The minimum atomic E-state index is -3.08. The van der Waals surface area contributed by atoms with Gasteiger partial charge in [-0.25, -0.2) is 4.39 Å². The Morgan fingerprint density at radius 3 is 2.80 bits per heavy atom. The molecule has 35 heavy (non-hydrogen) atoms. The van der Waals surface area contributed by atoms with E-state index in [9.17, 15) is 18.4 Å². The van der Waals surface area contributed by atoms with E-state index >= 15 is 0 Å². The number of benzene rings is 2. The van der Waals surface area contributed by atoms with Crippen molar-refractivity contribution >= 4 is 28.4 Å². The lowest BCUT2D eigenvalue weighted by molar-refractivity contribution is 0.124. The molecule has 3 heterocycles. The molecule has 0 saturated carbocycles. The van der Waals surface area contributed by atoms with Crippen LogP contribution in [0.25, 0.3) is 23.4 Å². The maximum absolute atomic E-state index is 13.9. The summed E-state index contributed by atoms with van der Waals surface area (Å²) in [5, 5.41) is 18.3. The average molecular weight is 498 g/mol. The standard InChI is InChI=1S/C26H29FN4O3S/c27-25-4-3-18(12-21(25)15-28)20-13-19-5-8-29-16-24(19)26(14-20)30-22-6-9-31(10-7-22)35(32,33)17-23-2-1-11-34-23/h3-5,12-14,16,22-23,29-30H,1-2,6-11,17H2/p+1. The fourth-order valence-corrected chi connectivity index (χ4v) is 6.78. The van der Waals surface area contributed by atoms with E-state index in [1.165, 1.54) is 6.07 Å². The summed E-state index contributed by atoms with van der Waals surface area (Å²) in [6, 6.07) is 10.8. The molecule has 0 spiro atoms. The van der Waals surface area contributed by atoms with Crippen LogP contribution in [0.4, 0.5) is 10.1 Å². The Morgan fingerprint density at radius 1 is 1.23 bits per heavy atom. The quantitative estimate of drug-likeness (QED) is 0.531. The van der Waals surface area contributed by atoms with Gasteiger partial charge in [0.15, 0.2) is 5.75 Å². The van der Waals surface area contributed by atoms with Crippen LogP contribution >= 0.6 is 0 Å². The molecule has 0 aliphatic carbocycles. The summed E-state index contributed by atoms with van der Waals surface area (Å²) in [5.41, 5.74) is 2.66. The summed E-state index contributed by atoms with van der Waals surface area (Å²) in [6.45, 7) is 2.48. The molecule has 2 saturated heterocycles. The van der Waals surface area contributed by atoms with Crippen molar-refractivity contribution in [1.29, 1.82) is 5.26 Å². The first-order chi connectivity index (χ1) is 16.9. The first kappa shape index (κ1) is 23.9. The Balaban J connectivity index is 1.34. The number of fused-ring (bicyclic) bond motifs is 1. The van der Waals surface area contributed by atoms with Crippen molar-refractivity contribution in [3.05, 3.63) is 52.1 Å². The first-order valence-corrected chi connectivity index (χ1v) is 13.7. The summed E-state index contributed by atoms with van der Waals surface area (Å²) in [4.78, 5) is 0. The van der Waals surface area contributed by atoms with E-state index < -0.39 is 16.2 Å². The molecule has 184 valence electrons. The van der Waals surface area contributed by atoms with E-state index in [0.29, 0.717) is 19.7 Å². The topological polar surface area (TPSA) is 97.6 Å². The molecule has 2 atom stereocenters. The normalized spacial score (nSPS) is 22.1. The van der Waals surface area contributed by atoms with E-state index in [1.807, 2.05) is 18.3 Å². The number of anilines is 1. The molecule has 7 nitrogen and oxygen atoms in total. The number of rotatable bonds is 6. The van der Waals surface area contributed by atoms with Crippen LogP contribution in [-0.4, -0.2) is 53.0 Å². The Hall–Kier alpha value is -2.77. The highest BCUT2D eigenvalue weighted by Crippen LogP contribution is 2.26. The van der Waals surface area contributed by atoms with E-state index in [4.69, 9.17) is 4.74 Å². The third kappa shape index (κ3) is 5.26. The van der Waals surface area contributed by atoms with Gasteiger partial charge in [0, 0.05) is 49.4 Å². The lowest BCUT2D eigenvalue weighted by Gasteiger charge is -2.31. The molecule has 0 aromatic heterocycles. The van der Waals surface area contributed by atoms with E-state index in [0.717, 1.165) is 59.5 Å². The van der Waals surface area contributed by atoms with Crippen molar-refractivity contribution in [3.63, 3.8) is 0 Å². The number of hydrogen-bond donors (Lipinski definition) is 3. The van der Waals surface area contributed by atoms with Crippen LogP contribution in [-0.2, 0) is 19.3 Å². The second-order valence-electron chi connectivity index (χ2n) is 9.35. The first-order valence-electron chi connectivity index (χ1n) is 12.1. The van der Waals surface area contributed by atoms with Gasteiger partial charge in [0.2, 0.25) is 0 Å². The molecule has 5 rings (SSSR count). The van der Waals surface area contributed by atoms with Crippen molar-refractivity contribution in [2.45, 2.75) is 37.8 Å². The minimum Gasteiger partial charge on any atom is -0.387 e. The molecular weight excluding hydrogens is 467 g/mol. The zero-order valence-corrected chi connectivity index (χ0v) is 20.3. The van der Waals surface area contributed by atoms with Crippen LogP contribution in [0.15, 0.2) is 30.3 Å². The van der Waals surface area contributed by atoms with Gasteiger partial charge < -0.3 is 15.4 Å².